The maximum absolute atomic E-state index is 11.3. The number of aromatic nitrogens is 2. The summed E-state index contributed by atoms with van der Waals surface area (Å²) >= 11 is 0. The van der Waals surface area contributed by atoms with Gasteiger partial charge in [0, 0.05) is 11.6 Å². The van der Waals surface area contributed by atoms with Crippen LogP contribution < -0.4 is 0 Å². The van der Waals surface area contributed by atoms with Crippen LogP contribution in [0.15, 0.2) is 30.5 Å². The Bertz CT molecular complexity index is 898. The SMILES string of the molecule is CC(O[Si](C)(C)C(C)(C)C)c1ncc2ccc(/C=C/C(C)(C)C(=O)O)cc2n1. The van der Waals surface area contributed by atoms with Gasteiger partial charge < -0.3 is 9.53 Å². The van der Waals surface area contributed by atoms with Crippen molar-refractivity contribution in [2.45, 2.75) is 65.8 Å². The summed E-state index contributed by atoms with van der Waals surface area (Å²) in [5.74, 6) is -0.185. The number of aliphatic carboxylic acids is 1. The molecule has 1 unspecified atom stereocenters. The molecule has 5 nitrogen and oxygen atoms in total. The van der Waals surface area contributed by atoms with E-state index in [0.29, 0.717) is 5.82 Å². The van der Waals surface area contributed by atoms with Gasteiger partial charge in [-0.3, -0.25) is 4.79 Å². The summed E-state index contributed by atoms with van der Waals surface area (Å²) in [5, 5.41) is 10.3. The summed E-state index contributed by atoms with van der Waals surface area (Å²) in [7, 11) is -1.92. The molecular formula is C22H32N2O3Si. The fourth-order valence-corrected chi connectivity index (χ4v) is 3.74. The molecule has 2 aromatic rings. The number of benzene rings is 1. The van der Waals surface area contributed by atoms with E-state index in [0.717, 1.165) is 16.5 Å². The Balaban J connectivity index is 2.31. The lowest BCUT2D eigenvalue weighted by Crippen LogP contribution is -2.41. The molecule has 1 aromatic carbocycles. The quantitative estimate of drug-likeness (QED) is 0.617. The Morgan fingerprint density at radius 3 is 2.43 bits per heavy atom. The van der Waals surface area contributed by atoms with Gasteiger partial charge in [-0.15, -0.1) is 0 Å². The van der Waals surface area contributed by atoms with Crippen molar-refractivity contribution in [3.63, 3.8) is 0 Å². The van der Waals surface area contributed by atoms with Gasteiger partial charge in [-0.05, 0) is 50.5 Å². The third kappa shape index (κ3) is 5.05. The standard InChI is InChI=1S/C22H32N2O3Si/c1-15(27-28(7,8)21(2,3)4)19-23-14-17-10-9-16(13-18(17)24-19)11-12-22(5,6)20(25)26/h9-15H,1-8H3,(H,25,26)/b12-11+. The molecule has 28 heavy (non-hydrogen) atoms. The van der Waals surface area contributed by atoms with Crippen LogP contribution in [0.4, 0.5) is 0 Å². The van der Waals surface area contributed by atoms with Gasteiger partial charge in [0.15, 0.2) is 14.1 Å². The van der Waals surface area contributed by atoms with Gasteiger partial charge in [0.05, 0.1) is 10.9 Å². The second-order valence-corrected chi connectivity index (χ2v) is 14.2. The molecule has 152 valence electrons. The van der Waals surface area contributed by atoms with Crippen LogP contribution in [0.5, 0.6) is 0 Å². The molecule has 0 fully saturated rings. The highest BCUT2D eigenvalue weighted by atomic mass is 28.4. The number of carboxylic acids is 1. The zero-order chi connectivity index (χ0) is 21.3. The predicted octanol–water partition coefficient (Wildman–Crippen LogP) is 5.84. The van der Waals surface area contributed by atoms with Crippen LogP contribution in [0.2, 0.25) is 18.1 Å². The lowest BCUT2D eigenvalue weighted by molar-refractivity contribution is -0.144. The van der Waals surface area contributed by atoms with Gasteiger partial charge in [-0.25, -0.2) is 9.97 Å². The van der Waals surface area contributed by atoms with Gasteiger partial charge in [0.1, 0.15) is 6.10 Å². The minimum absolute atomic E-state index is 0.118. The molecule has 0 saturated heterocycles. The van der Waals surface area contributed by atoms with Crippen LogP contribution in [0.1, 0.15) is 59.0 Å². The fraction of sp³-hybridized carbons (Fsp3) is 0.500. The first-order valence-electron chi connectivity index (χ1n) is 9.60. The van der Waals surface area contributed by atoms with Crippen molar-refractivity contribution in [1.82, 2.24) is 9.97 Å². The zero-order valence-electron chi connectivity index (χ0n) is 18.2. The smallest absolute Gasteiger partial charge is 0.312 e. The molecule has 1 N–H and O–H groups in total. The van der Waals surface area contributed by atoms with E-state index < -0.39 is 19.7 Å². The molecule has 0 bridgehead atoms. The summed E-state index contributed by atoms with van der Waals surface area (Å²) < 4.78 is 6.42. The van der Waals surface area contributed by atoms with E-state index in [9.17, 15) is 9.90 Å². The van der Waals surface area contributed by atoms with E-state index in [2.05, 4.69) is 38.8 Å². The average Bonchev–Trinajstić information content (AvgIpc) is 2.57. The highest BCUT2D eigenvalue weighted by Crippen LogP contribution is 2.39. The monoisotopic (exact) mass is 400 g/mol. The molecule has 2 rings (SSSR count). The Kier molecular flexibility index (Phi) is 6.16. The third-order valence-electron chi connectivity index (χ3n) is 5.51. The van der Waals surface area contributed by atoms with Crippen molar-refractivity contribution in [3.05, 3.63) is 41.9 Å². The molecule has 0 aliphatic rings. The van der Waals surface area contributed by atoms with Crippen molar-refractivity contribution in [2.24, 2.45) is 5.41 Å². The van der Waals surface area contributed by atoms with E-state index in [1.807, 2.05) is 37.4 Å². The number of carbonyl (C=O) groups is 1. The third-order valence-corrected chi connectivity index (χ3v) is 10.1. The van der Waals surface area contributed by atoms with Crippen LogP contribution in [-0.2, 0) is 9.22 Å². The lowest BCUT2D eigenvalue weighted by atomic mass is 9.92. The van der Waals surface area contributed by atoms with Gasteiger partial charge in [0.25, 0.3) is 0 Å². The topological polar surface area (TPSA) is 72.3 Å². The first-order chi connectivity index (χ1) is 12.7. The second kappa shape index (κ2) is 7.76. The number of hydrogen-bond acceptors (Lipinski definition) is 4. The van der Waals surface area contributed by atoms with Crippen LogP contribution in [-0.4, -0.2) is 29.4 Å². The molecule has 0 spiro atoms. The molecule has 1 atom stereocenters. The molecule has 0 aliphatic heterocycles. The molecule has 1 heterocycles. The Labute approximate surface area is 169 Å². The molecule has 0 aliphatic carbocycles. The van der Waals surface area contributed by atoms with E-state index >= 15 is 0 Å². The minimum Gasteiger partial charge on any atom is -0.481 e. The van der Waals surface area contributed by atoms with Gasteiger partial charge >= 0.3 is 5.97 Å². The molecule has 0 radical (unpaired) electrons. The Hall–Kier alpha value is -2.05. The van der Waals surface area contributed by atoms with Crippen LogP contribution in [0, 0.1) is 5.41 Å². The second-order valence-electron chi connectivity index (χ2n) is 9.43. The Morgan fingerprint density at radius 1 is 1.21 bits per heavy atom. The zero-order valence-corrected chi connectivity index (χ0v) is 19.2. The van der Waals surface area contributed by atoms with Crippen molar-refractivity contribution in [2.75, 3.05) is 0 Å². The first-order valence-corrected chi connectivity index (χ1v) is 12.5. The number of rotatable bonds is 6. The van der Waals surface area contributed by atoms with Crippen LogP contribution in [0.3, 0.4) is 0 Å². The van der Waals surface area contributed by atoms with E-state index in [1.54, 1.807) is 19.9 Å². The number of carboxylic acid groups (broad SMARTS) is 1. The number of hydrogen-bond donors (Lipinski definition) is 1. The maximum Gasteiger partial charge on any atom is 0.312 e. The maximum atomic E-state index is 11.3. The van der Waals surface area contributed by atoms with Crippen LogP contribution in [0.25, 0.3) is 17.0 Å². The predicted molar refractivity (Wildman–Crippen MR) is 117 cm³/mol. The average molecular weight is 401 g/mol. The van der Waals surface area contributed by atoms with E-state index in [4.69, 9.17) is 9.41 Å². The summed E-state index contributed by atoms with van der Waals surface area (Å²) in [5.41, 5.74) is 0.813. The first kappa shape index (κ1) is 22.2. The van der Waals surface area contributed by atoms with E-state index in [1.165, 1.54) is 0 Å². The van der Waals surface area contributed by atoms with Crippen molar-refractivity contribution < 1.29 is 14.3 Å². The summed E-state index contributed by atoms with van der Waals surface area (Å²) in [4.78, 5) is 20.5. The molecule has 0 saturated carbocycles. The van der Waals surface area contributed by atoms with Gasteiger partial charge in [-0.1, -0.05) is 45.1 Å². The largest absolute Gasteiger partial charge is 0.481 e. The number of fused-ring (bicyclic) bond motifs is 1. The van der Waals surface area contributed by atoms with Crippen molar-refractivity contribution in [3.8, 4) is 0 Å². The molecule has 1 aromatic heterocycles. The normalized spacial score (nSPS) is 14.6. The van der Waals surface area contributed by atoms with E-state index in [-0.39, 0.29) is 11.1 Å². The Morgan fingerprint density at radius 2 is 1.86 bits per heavy atom. The lowest BCUT2D eigenvalue weighted by Gasteiger charge is -2.38. The summed E-state index contributed by atoms with van der Waals surface area (Å²) in [6.07, 6.45) is 5.15. The molecular weight excluding hydrogens is 368 g/mol. The minimum atomic E-state index is -1.92. The number of nitrogens with zero attached hydrogens (tertiary/aromatic N) is 2. The highest BCUT2D eigenvalue weighted by Gasteiger charge is 2.39. The summed E-state index contributed by atoms with van der Waals surface area (Å²) in [6.45, 7) is 16.4. The fourth-order valence-electron chi connectivity index (χ4n) is 2.40. The highest BCUT2D eigenvalue weighted by molar-refractivity contribution is 6.74. The van der Waals surface area contributed by atoms with Crippen LogP contribution >= 0.6 is 0 Å². The van der Waals surface area contributed by atoms with Crippen molar-refractivity contribution >= 4 is 31.3 Å². The van der Waals surface area contributed by atoms with Gasteiger partial charge in [0.2, 0.25) is 0 Å². The molecule has 6 heteroatoms. The van der Waals surface area contributed by atoms with Gasteiger partial charge in [-0.2, -0.15) is 0 Å². The summed E-state index contributed by atoms with van der Waals surface area (Å²) in [6, 6.07) is 5.84. The molecule has 0 amide bonds. The van der Waals surface area contributed by atoms with Crippen molar-refractivity contribution in [1.29, 1.82) is 0 Å².